The second-order valence-electron chi connectivity index (χ2n) is 5.08. The summed E-state index contributed by atoms with van der Waals surface area (Å²) in [5, 5.41) is 20.8. The van der Waals surface area contributed by atoms with E-state index in [4.69, 9.17) is 0 Å². The van der Waals surface area contributed by atoms with E-state index in [2.05, 4.69) is 4.74 Å². The van der Waals surface area contributed by atoms with Gasteiger partial charge in [-0.05, 0) is 30.5 Å². The Bertz CT molecular complexity index is 592. The molecule has 0 atom stereocenters. The number of carbonyl (C=O) groups excluding carboxylic acids is 1. The molecular weight excluding hydrogens is 288 g/mol. The van der Waals surface area contributed by atoms with Crippen LogP contribution in [0.25, 0.3) is 6.08 Å². The highest BCUT2D eigenvalue weighted by Crippen LogP contribution is 2.31. The van der Waals surface area contributed by atoms with Crippen molar-refractivity contribution in [1.82, 2.24) is 0 Å². The van der Waals surface area contributed by atoms with Crippen LogP contribution in [0.3, 0.4) is 0 Å². The quantitative estimate of drug-likeness (QED) is 0.394. The number of aliphatic hydroxyl groups is 1. The van der Waals surface area contributed by atoms with Crippen LogP contribution in [0.5, 0.6) is 0 Å². The Kier molecular flexibility index (Phi) is 5.11. The van der Waals surface area contributed by atoms with E-state index in [1.54, 1.807) is 12.1 Å². The van der Waals surface area contributed by atoms with Crippen molar-refractivity contribution in [1.29, 1.82) is 0 Å². The van der Waals surface area contributed by atoms with Crippen LogP contribution in [0, 0.1) is 10.1 Å². The van der Waals surface area contributed by atoms with Gasteiger partial charge in [-0.15, -0.1) is 0 Å². The van der Waals surface area contributed by atoms with Crippen LogP contribution in [-0.4, -0.2) is 42.3 Å². The van der Waals surface area contributed by atoms with E-state index in [0.29, 0.717) is 37.2 Å². The van der Waals surface area contributed by atoms with Gasteiger partial charge in [-0.1, -0.05) is 6.07 Å². The van der Waals surface area contributed by atoms with Crippen molar-refractivity contribution in [3.63, 3.8) is 0 Å². The number of carbonyl (C=O) groups is 1. The minimum Gasteiger partial charge on any atom is -0.466 e. The van der Waals surface area contributed by atoms with Crippen LogP contribution in [0.4, 0.5) is 11.4 Å². The van der Waals surface area contributed by atoms with Crippen molar-refractivity contribution in [2.45, 2.75) is 18.9 Å². The zero-order valence-corrected chi connectivity index (χ0v) is 12.3. The molecule has 2 rings (SSSR count). The third-order valence-electron chi connectivity index (χ3n) is 3.61. The van der Waals surface area contributed by atoms with Crippen molar-refractivity contribution >= 4 is 23.4 Å². The summed E-state index contributed by atoms with van der Waals surface area (Å²) in [7, 11) is 1.27. The Balaban J connectivity index is 2.26. The molecule has 1 heterocycles. The maximum absolute atomic E-state index is 11.3. The van der Waals surface area contributed by atoms with Crippen molar-refractivity contribution < 1.29 is 19.6 Å². The molecule has 1 aliphatic rings. The molecular formula is C15H18N2O5. The summed E-state index contributed by atoms with van der Waals surface area (Å²) < 4.78 is 4.49. The van der Waals surface area contributed by atoms with E-state index in [-0.39, 0.29) is 11.8 Å². The lowest BCUT2D eigenvalue weighted by molar-refractivity contribution is -0.384. The molecule has 0 bridgehead atoms. The standard InChI is InChI=1S/C15H18N2O5/c1-22-15(19)5-3-11-2-4-13(14(10-11)17(20)21)16-8-6-12(18)7-9-16/h2-5,10,12,18H,6-9H2,1H3/b5-3+. The van der Waals surface area contributed by atoms with Crippen molar-refractivity contribution in [2.24, 2.45) is 0 Å². The number of anilines is 1. The Morgan fingerprint density at radius 2 is 2.14 bits per heavy atom. The average molecular weight is 306 g/mol. The number of ether oxygens (including phenoxy) is 1. The van der Waals surface area contributed by atoms with Crippen LogP contribution < -0.4 is 4.90 Å². The summed E-state index contributed by atoms with van der Waals surface area (Å²) in [5.74, 6) is -0.517. The first-order chi connectivity index (χ1) is 10.5. The SMILES string of the molecule is COC(=O)/C=C/c1ccc(N2CCC(O)CC2)c([N+](=O)[O-])c1. The fraction of sp³-hybridized carbons (Fsp3) is 0.400. The Hall–Kier alpha value is -2.41. The summed E-state index contributed by atoms with van der Waals surface area (Å²) >= 11 is 0. The molecule has 118 valence electrons. The molecule has 0 aromatic heterocycles. The largest absolute Gasteiger partial charge is 0.466 e. The van der Waals surface area contributed by atoms with Crippen LogP contribution in [0.2, 0.25) is 0 Å². The summed E-state index contributed by atoms with van der Waals surface area (Å²) in [5.41, 5.74) is 1.08. The molecule has 0 unspecified atom stereocenters. The number of rotatable bonds is 4. The highest BCUT2D eigenvalue weighted by Gasteiger charge is 2.23. The molecule has 7 heteroatoms. The lowest BCUT2D eigenvalue weighted by Gasteiger charge is -2.31. The van der Waals surface area contributed by atoms with E-state index in [1.807, 2.05) is 4.90 Å². The minimum atomic E-state index is -0.517. The van der Waals surface area contributed by atoms with E-state index in [0.717, 1.165) is 0 Å². The lowest BCUT2D eigenvalue weighted by Crippen LogP contribution is -2.36. The maximum atomic E-state index is 11.3. The normalized spacial score (nSPS) is 16.0. The van der Waals surface area contributed by atoms with Crippen LogP contribution >= 0.6 is 0 Å². The minimum absolute atomic E-state index is 0.0107. The van der Waals surface area contributed by atoms with Crippen molar-refractivity contribution in [3.05, 3.63) is 40.0 Å². The fourth-order valence-corrected chi connectivity index (χ4v) is 2.40. The molecule has 0 aliphatic carbocycles. The number of hydrogen-bond donors (Lipinski definition) is 1. The Morgan fingerprint density at radius 3 is 2.73 bits per heavy atom. The fourth-order valence-electron chi connectivity index (χ4n) is 2.40. The van der Waals surface area contributed by atoms with Gasteiger partial charge in [0.1, 0.15) is 5.69 Å². The Morgan fingerprint density at radius 1 is 1.45 bits per heavy atom. The summed E-state index contributed by atoms with van der Waals surface area (Å²) in [6.45, 7) is 1.17. The molecule has 0 spiro atoms. The van der Waals surface area contributed by atoms with E-state index >= 15 is 0 Å². The number of benzene rings is 1. The van der Waals surface area contributed by atoms with Crippen LogP contribution in [-0.2, 0) is 9.53 Å². The van der Waals surface area contributed by atoms with Gasteiger partial charge in [0.15, 0.2) is 0 Å². The highest BCUT2D eigenvalue weighted by molar-refractivity contribution is 5.87. The number of piperidine rings is 1. The van der Waals surface area contributed by atoms with Gasteiger partial charge in [0.25, 0.3) is 5.69 Å². The molecule has 0 saturated carbocycles. The highest BCUT2D eigenvalue weighted by atomic mass is 16.6. The van der Waals surface area contributed by atoms with Gasteiger partial charge in [-0.25, -0.2) is 4.79 Å². The van der Waals surface area contributed by atoms with Gasteiger partial charge < -0.3 is 14.7 Å². The monoisotopic (exact) mass is 306 g/mol. The van der Waals surface area contributed by atoms with Crippen LogP contribution in [0.15, 0.2) is 24.3 Å². The third kappa shape index (κ3) is 3.82. The second kappa shape index (κ2) is 7.04. The number of nitro groups is 1. The molecule has 0 radical (unpaired) electrons. The molecule has 1 N–H and O–H groups in total. The molecule has 1 aromatic carbocycles. The van der Waals surface area contributed by atoms with Gasteiger partial charge in [0.05, 0.1) is 18.1 Å². The first-order valence-corrected chi connectivity index (χ1v) is 6.98. The average Bonchev–Trinajstić information content (AvgIpc) is 2.53. The number of nitrogens with zero attached hydrogens (tertiary/aromatic N) is 2. The number of aliphatic hydroxyl groups excluding tert-OH is 1. The summed E-state index contributed by atoms with van der Waals surface area (Å²) in [6.07, 6.45) is 3.55. The predicted octanol–water partition coefficient (Wildman–Crippen LogP) is 1.74. The van der Waals surface area contributed by atoms with Gasteiger partial charge in [0.2, 0.25) is 0 Å². The number of hydrogen-bond acceptors (Lipinski definition) is 6. The second-order valence-corrected chi connectivity index (χ2v) is 5.08. The third-order valence-corrected chi connectivity index (χ3v) is 3.61. The zero-order chi connectivity index (χ0) is 16.1. The van der Waals surface area contributed by atoms with Gasteiger partial charge in [-0.2, -0.15) is 0 Å². The van der Waals surface area contributed by atoms with Gasteiger partial charge in [-0.3, -0.25) is 10.1 Å². The van der Waals surface area contributed by atoms with E-state index in [1.165, 1.54) is 25.3 Å². The smallest absolute Gasteiger partial charge is 0.330 e. The van der Waals surface area contributed by atoms with Crippen molar-refractivity contribution in [2.75, 3.05) is 25.1 Å². The predicted molar refractivity (Wildman–Crippen MR) is 81.6 cm³/mol. The molecule has 7 nitrogen and oxygen atoms in total. The van der Waals surface area contributed by atoms with E-state index in [9.17, 15) is 20.0 Å². The first kappa shape index (κ1) is 16.0. The van der Waals surface area contributed by atoms with Crippen LogP contribution in [0.1, 0.15) is 18.4 Å². The number of nitro benzene ring substituents is 1. The van der Waals surface area contributed by atoms with E-state index < -0.39 is 10.9 Å². The molecule has 22 heavy (non-hydrogen) atoms. The summed E-state index contributed by atoms with van der Waals surface area (Å²) in [6, 6.07) is 4.82. The van der Waals surface area contributed by atoms with Gasteiger partial charge in [0, 0.05) is 25.2 Å². The molecule has 1 saturated heterocycles. The summed E-state index contributed by atoms with van der Waals surface area (Å²) in [4.78, 5) is 23.8. The van der Waals surface area contributed by atoms with Gasteiger partial charge >= 0.3 is 5.97 Å². The molecule has 1 aliphatic heterocycles. The zero-order valence-electron chi connectivity index (χ0n) is 12.3. The topological polar surface area (TPSA) is 92.9 Å². The molecule has 0 amide bonds. The maximum Gasteiger partial charge on any atom is 0.330 e. The van der Waals surface area contributed by atoms with Crippen molar-refractivity contribution in [3.8, 4) is 0 Å². The molecule has 1 aromatic rings. The number of esters is 1. The first-order valence-electron chi connectivity index (χ1n) is 6.98. The number of methoxy groups -OCH3 is 1. The molecule has 1 fully saturated rings. The lowest BCUT2D eigenvalue weighted by atomic mass is 10.1. The Labute approximate surface area is 128 Å².